The molecule has 4 rings (SSSR count). The molecule has 0 atom stereocenters. The fourth-order valence-corrected chi connectivity index (χ4v) is 7.38. The fourth-order valence-electron chi connectivity index (χ4n) is 5.08. The number of carboxylic acids is 1. The van der Waals surface area contributed by atoms with Gasteiger partial charge < -0.3 is 19.5 Å². The van der Waals surface area contributed by atoms with Crippen molar-refractivity contribution in [2.45, 2.75) is 50.5 Å². The molecule has 2 heterocycles. The normalized spacial score (nSPS) is 17.5. The number of benzene rings is 2. The molecule has 212 valence electrons. The number of halogens is 2. The molecule has 12 heteroatoms. The number of carboxylic acid groups (broad SMARTS) is 1. The van der Waals surface area contributed by atoms with Gasteiger partial charge in [0.15, 0.2) is 0 Å². The molecule has 0 radical (unpaired) electrons. The van der Waals surface area contributed by atoms with E-state index >= 15 is 0 Å². The molecule has 0 saturated carbocycles. The van der Waals surface area contributed by atoms with Gasteiger partial charge in [0.25, 0.3) is 15.9 Å². The zero-order valence-electron chi connectivity index (χ0n) is 22.3. The number of methoxy groups -OCH3 is 1. The van der Waals surface area contributed by atoms with E-state index in [1.54, 1.807) is 6.07 Å². The fraction of sp³-hybridized carbons (Fsp3) is 0.481. The van der Waals surface area contributed by atoms with Gasteiger partial charge in [-0.25, -0.2) is 17.5 Å². The SMILES string of the molecule is COc1cc(C(C)C)c2c(c1)S(=O)(=O)N(Cc1cc(Cl)c(C(=O)O)c(Cl)c1OCCC1CCN(C)CC1)C2=O. The predicted octanol–water partition coefficient (Wildman–Crippen LogP) is 5.28. The summed E-state index contributed by atoms with van der Waals surface area (Å²) in [6.07, 6.45) is 2.75. The van der Waals surface area contributed by atoms with Gasteiger partial charge in [-0.3, -0.25) is 4.79 Å². The number of amides is 1. The first kappa shape index (κ1) is 29.5. The minimum absolute atomic E-state index is 0.00649. The maximum Gasteiger partial charge on any atom is 0.338 e. The summed E-state index contributed by atoms with van der Waals surface area (Å²) >= 11 is 12.7. The summed E-state index contributed by atoms with van der Waals surface area (Å²) in [5.74, 6) is -1.41. The lowest BCUT2D eigenvalue weighted by molar-refractivity contribution is 0.0695. The van der Waals surface area contributed by atoms with Crippen molar-refractivity contribution in [2.24, 2.45) is 5.92 Å². The first-order valence-corrected chi connectivity index (χ1v) is 14.9. The lowest BCUT2D eigenvalue weighted by Gasteiger charge is -2.29. The minimum atomic E-state index is -4.25. The average Bonchev–Trinajstić information content (AvgIpc) is 3.06. The minimum Gasteiger partial charge on any atom is -0.497 e. The molecule has 39 heavy (non-hydrogen) atoms. The topological polar surface area (TPSA) is 113 Å². The van der Waals surface area contributed by atoms with Gasteiger partial charge >= 0.3 is 5.97 Å². The predicted molar refractivity (Wildman–Crippen MR) is 148 cm³/mol. The summed E-state index contributed by atoms with van der Waals surface area (Å²) in [7, 11) is -0.751. The van der Waals surface area contributed by atoms with Crippen molar-refractivity contribution in [3.8, 4) is 11.5 Å². The van der Waals surface area contributed by atoms with E-state index in [2.05, 4.69) is 11.9 Å². The second kappa shape index (κ2) is 11.5. The van der Waals surface area contributed by atoms with Gasteiger partial charge in [-0.05, 0) is 68.9 Å². The van der Waals surface area contributed by atoms with Gasteiger partial charge in [0.1, 0.15) is 22.0 Å². The molecule has 0 unspecified atom stereocenters. The number of carbonyl (C=O) groups is 2. The molecule has 2 aromatic carbocycles. The molecule has 0 spiro atoms. The number of rotatable bonds is 9. The average molecular weight is 600 g/mol. The van der Waals surface area contributed by atoms with E-state index in [1.807, 2.05) is 13.8 Å². The third kappa shape index (κ3) is 5.70. The number of piperidine rings is 1. The van der Waals surface area contributed by atoms with Gasteiger partial charge in [0.2, 0.25) is 0 Å². The maximum absolute atomic E-state index is 13.6. The number of hydrogen-bond donors (Lipinski definition) is 1. The zero-order chi connectivity index (χ0) is 28.6. The van der Waals surface area contributed by atoms with Crippen LogP contribution in [0.4, 0.5) is 0 Å². The molecule has 0 bridgehead atoms. The number of fused-ring (bicyclic) bond motifs is 1. The van der Waals surface area contributed by atoms with Crippen LogP contribution in [0.5, 0.6) is 11.5 Å². The van der Waals surface area contributed by atoms with Crippen LogP contribution < -0.4 is 9.47 Å². The molecule has 2 aliphatic heterocycles. The van der Waals surface area contributed by atoms with Crippen molar-refractivity contribution in [3.63, 3.8) is 0 Å². The van der Waals surface area contributed by atoms with Crippen LogP contribution in [-0.2, 0) is 16.6 Å². The summed E-state index contributed by atoms with van der Waals surface area (Å²) in [5, 5.41) is 9.25. The van der Waals surface area contributed by atoms with E-state index in [0.29, 0.717) is 17.2 Å². The standard InChI is InChI=1S/C27H32Cl2N2O7S/c1-15(2)19-12-18(37-4)13-21-22(19)26(32)31(39(21,35)36)14-17-11-20(28)23(27(33)34)24(29)25(17)38-10-7-16-5-8-30(3)9-6-16/h11-13,15-16H,5-10,14H2,1-4H3,(H,33,34). The highest BCUT2D eigenvalue weighted by atomic mass is 35.5. The van der Waals surface area contributed by atoms with Crippen molar-refractivity contribution >= 4 is 45.1 Å². The van der Waals surface area contributed by atoms with Crippen LogP contribution >= 0.6 is 23.2 Å². The molecule has 9 nitrogen and oxygen atoms in total. The van der Waals surface area contributed by atoms with Crippen molar-refractivity contribution in [3.05, 3.63) is 50.5 Å². The van der Waals surface area contributed by atoms with E-state index < -0.39 is 28.4 Å². The number of aromatic carboxylic acids is 1. The van der Waals surface area contributed by atoms with Gasteiger partial charge in [-0.15, -0.1) is 0 Å². The summed E-state index contributed by atoms with van der Waals surface area (Å²) < 4.78 is 39.2. The number of likely N-dealkylation sites (tertiary alicyclic amines) is 1. The summed E-state index contributed by atoms with van der Waals surface area (Å²) in [6, 6.07) is 4.30. The van der Waals surface area contributed by atoms with Crippen molar-refractivity contribution in [2.75, 3.05) is 33.9 Å². The molecule has 1 amide bonds. The summed E-state index contributed by atoms with van der Waals surface area (Å²) in [4.78, 5) is 27.5. The molecule has 2 aliphatic rings. The Morgan fingerprint density at radius 3 is 2.44 bits per heavy atom. The Morgan fingerprint density at radius 1 is 1.18 bits per heavy atom. The summed E-state index contributed by atoms with van der Waals surface area (Å²) in [6.45, 7) is 5.50. The van der Waals surface area contributed by atoms with Crippen molar-refractivity contribution in [1.29, 1.82) is 0 Å². The van der Waals surface area contributed by atoms with E-state index in [-0.39, 0.29) is 49.9 Å². The first-order valence-electron chi connectivity index (χ1n) is 12.7. The Kier molecular flexibility index (Phi) is 8.70. The molecule has 1 N–H and O–H groups in total. The third-order valence-electron chi connectivity index (χ3n) is 7.36. The van der Waals surface area contributed by atoms with Crippen LogP contribution in [-0.4, -0.2) is 68.5 Å². The van der Waals surface area contributed by atoms with Gasteiger partial charge in [0.05, 0.1) is 35.9 Å². The Balaban J connectivity index is 1.70. The Bertz CT molecular complexity index is 1400. The Labute approximate surface area is 238 Å². The number of carbonyl (C=O) groups excluding carboxylic acids is 1. The lowest BCUT2D eigenvalue weighted by Crippen LogP contribution is -2.31. The van der Waals surface area contributed by atoms with Crippen LogP contribution in [0.2, 0.25) is 10.0 Å². The number of hydrogen-bond acceptors (Lipinski definition) is 7. The third-order valence-corrected chi connectivity index (χ3v) is 9.77. The molecule has 0 aromatic heterocycles. The number of sulfonamides is 1. The van der Waals surface area contributed by atoms with Gasteiger partial charge in [-0.2, -0.15) is 0 Å². The van der Waals surface area contributed by atoms with Crippen LogP contribution in [0.3, 0.4) is 0 Å². The highest BCUT2D eigenvalue weighted by Crippen LogP contribution is 2.42. The molecule has 1 saturated heterocycles. The smallest absolute Gasteiger partial charge is 0.338 e. The molecule has 2 aromatic rings. The molecular formula is C27H32Cl2N2O7S. The monoisotopic (exact) mass is 598 g/mol. The largest absolute Gasteiger partial charge is 0.497 e. The van der Waals surface area contributed by atoms with Crippen LogP contribution in [0.25, 0.3) is 0 Å². The van der Waals surface area contributed by atoms with Crippen LogP contribution in [0, 0.1) is 5.92 Å². The first-order chi connectivity index (χ1) is 18.4. The highest BCUT2D eigenvalue weighted by Gasteiger charge is 2.44. The highest BCUT2D eigenvalue weighted by molar-refractivity contribution is 7.90. The van der Waals surface area contributed by atoms with E-state index in [4.69, 9.17) is 32.7 Å². The second-order valence-electron chi connectivity index (χ2n) is 10.3. The van der Waals surface area contributed by atoms with Crippen molar-refractivity contribution < 1.29 is 32.6 Å². The maximum atomic E-state index is 13.6. The second-order valence-corrected chi connectivity index (χ2v) is 12.9. The quantitative estimate of drug-likeness (QED) is 0.415. The van der Waals surface area contributed by atoms with Crippen molar-refractivity contribution in [1.82, 2.24) is 9.21 Å². The molecule has 1 fully saturated rings. The Hall–Kier alpha value is -2.53. The molecule has 0 aliphatic carbocycles. The van der Waals surface area contributed by atoms with Gasteiger partial charge in [-0.1, -0.05) is 37.0 Å². The van der Waals surface area contributed by atoms with Crippen LogP contribution in [0.15, 0.2) is 23.1 Å². The lowest BCUT2D eigenvalue weighted by atomic mass is 9.94. The van der Waals surface area contributed by atoms with E-state index in [9.17, 15) is 23.1 Å². The number of ether oxygens (including phenoxy) is 2. The van der Waals surface area contributed by atoms with Gasteiger partial charge in [0, 0.05) is 11.6 Å². The van der Waals surface area contributed by atoms with E-state index in [0.717, 1.165) is 36.7 Å². The number of nitrogens with zero attached hydrogens (tertiary/aromatic N) is 2. The zero-order valence-corrected chi connectivity index (χ0v) is 24.6. The molecular weight excluding hydrogens is 567 g/mol. The Morgan fingerprint density at radius 2 is 1.85 bits per heavy atom. The summed E-state index contributed by atoms with van der Waals surface area (Å²) in [5.41, 5.74) is 0.491. The van der Waals surface area contributed by atoms with Crippen LogP contribution in [0.1, 0.15) is 70.9 Å². The van der Waals surface area contributed by atoms with E-state index in [1.165, 1.54) is 19.2 Å².